The van der Waals surface area contributed by atoms with E-state index in [0.29, 0.717) is 22.0 Å². The summed E-state index contributed by atoms with van der Waals surface area (Å²) < 4.78 is 19.2. The molecule has 0 bridgehead atoms. The predicted octanol–water partition coefficient (Wildman–Crippen LogP) is 4.28. The van der Waals surface area contributed by atoms with Crippen molar-refractivity contribution in [1.29, 1.82) is 0 Å². The first kappa shape index (κ1) is 11.8. The zero-order chi connectivity index (χ0) is 10.7. The molecule has 0 aliphatic heterocycles. The SMILES string of the molecule is CC(C)COc1c(F)cc(Cl)cc1Br. The summed E-state index contributed by atoms with van der Waals surface area (Å²) >= 11 is 8.86. The van der Waals surface area contributed by atoms with E-state index in [4.69, 9.17) is 16.3 Å². The van der Waals surface area contributed by atoms with Crippen LogP contribution in [0.2, 0.25) is 5.02 Å². The predicted molar refractivity (Wildman–Crippen MR) is 59.4 cm³/mol. The van der Waals surface area contributed by atoms with E-state index < -0.39 is 5.82 Å². The Balaban J connectivity index is 2.86. The Hall–Kier alpha value is -0.280. The van der Waals surface area contributed by atoms with E-state index >= 15 is 0 Å². The Bertz CT molecular complexity index is 305. The van der Waals surface area contributed by atoms with Crippen LogP contribution in [0.4, 0.5) is 4.39 Å². The molecule has 0 saturated carbocycles. The molecule has 0 heterocycles. The molecule has 4 heteroatoms. The van der Waals surface area contributed by atoms with Crippen molar-refractivity contribution >= 4 is 27.5 Å². The Morgan fingerprint density at radius 2 is 2.14 bits per heavy atom. The topological polar surface area (TPSA) is 9.23 Å². The highest BCUT2D eigenvalue weighted by atomic mass is 79.9. The van der Waals surface area contributed by atoms with Gasteiger partial charge in [-0.05, 0) is 34.0 Å². The van der Waals surface area contributed by atoms with Gasteiger partial charge >= 0.3 is 0 Å². The van der Waals surface area contributed by atoms with Crippen LogP contribution in [0.25, 0.3) is 0 Å². The van der Waals surface area contributed by atoms with Gasteiger partial charge < -0.3 is 4.74 Å². The number of ether oxygens (including phenoxy) is 1. The van der Waals surface area contributed by atoms with E-state index in [1.807, 2.05) is 13.8 Å². The third kappa shape index (κ3) is 3.14. The van der Waals surface area contributed by atoms with Gasteiger partial charge in [0.25, 0.3) is 0 Å². The lowest BCUT2D eigenvalue weighted by atomic mass is 10.2. The van der Waals surface area contributed by atoms with Gasteiger partial charge in [-0.2, -0.15) is 0 Å². The van der Waals surface area contributed by atoms with Crippen molar-refractivity contribution in [2.45, 2.75) is 13.8 Å². The quantitative estimate of drug-likeness (QED) is 0.803. The Morgan fingerprint density at radius 1 is 1.50 bits per heavy atom. The molecule has 0 aromatic heterocycles. The number of benzene rings is 1. The molecule has 0 fully saturated rings. The molecule has 0 atom stereocenters. The summed E-state index contributed by atoms with van der Waals surface area (Å²) in [6.45, 7) is 4.49. The van der Waals surface area contributed by atoms with Crippen LogP contribution in [-0.2, 0) is 0 Å². The Kier molecular flexibility index (Phi) is 4.20. The van der Waals surface area contributed by atoms with Gasteiger partial charge in [-0.25, -0.2) is 4.39 Å². The number of halogens is 3. The van der Waals surface area contributed by atoms with Crippen LogP contribution in [0.3, 0.4) is 0 Å². The largest absolute Gasteiger partial charge is 0.489 e. The van der Waals surface area contributed by atoms with Gasteiger partial charge in [0.05, 0.1) is 11.1 Å². The summed E-state index contributed by atoms with van der Waals surface area (Å²) in [6, 6.07) is 2.85. The highest BCUT2D eigenvalue weighted by molar-refractivity contribution is 9.10. The zero-order valence-electron chi connectivity index (χ0n) is 7.98. The maximum absolute atomic E-state index is 13.3. The minimum atomic E-state index is -0.440. The molecule has 78 valence electrons. The average Bonchev–Trinajstić information content (AvgIpc) is 2.01. The fraction of sp³-hybridized carbons (Fsp3) is 0.400. The maximum Gasteiger partial charge on any atom is 0.169 e. The van der Waals surface area contributed by atoms with Crippen molar-refractivity contribution in [2.24, 2.45) is 5.92 Å². The second-order valence-electron chi connectivity index (χ2n) is 3.40. The average molecular weight is 282 g/mol. The monoisotopic (exact) mass is 280 g/mol. The molecule has 1 nitrogen and oxygen atoms in total. The van der Waals surface area contributed by atoms with E-state index in [0.717, 1.165) is 0 Å². The fourth-order valence-electron chi connectivity index (χ4n) is 0.917. The molecule has 0 N–H and O–H groups in total. The van der Waals surface area contributed by atoms with Gasteiger partial charge in [0, 0.05) is 5.02 Å². The first-order chi connectivity index (χ1) is 6.50. The third-order valence-corrected chi connectivity index (χ3v) is 2.33. The number of hydrogen-bond donors (Lipinski definition) is 0. The summed E-state index contributed by atoms with van der Waals surface area (Å²) in [6.07, 6.45) is 0. The molecule has 0 aliphatic rings. The van der Waals surface area contributed by atoms with E-state index in [-0.39, 0.29) is 5.75 Å². The minimum Gasteiger partial charge on any atom is -0.489 e. The molecule has 0 unspecified atom stereocenters. The van der Waals surface area contributed by atoms with E-state index in [2.05, 4.69) is 15.9 Å². The normalized spacial score (nSPS) is 10.7. The first-order valence-corrected chi connectivity index (χ1v) is 5.45. The zero-order valence-corrected chi connectivity index (χ0v) is 10.3. The van der Waals surface area contributed by atoms with Gasteiger partial charge in [-0.3, -0.25) is 0 Å². The van der Waals surface area contributed by atoms with Gasteiger partial charge in [0.2, 0.25) is 0 Å². The van der Waals surface area contributed by atoms with Crippen molar-refractivity contribution in [3.63, 3.8) is 0 Å². The van der Waals surface area contributed by atoms with Crippen molar-refractivity contribution in [1.82, 2.24) is 0 Å². The van der Waals surface area contributed by atoms with Gasteiger partial charge in [-0.1, -0.05) is 25.4 Å². The van der Waals surface area contributed by atoms with Crippen molar-refractivity contribution in [3.8, 4) is 5.75 Å². The first-order valence-electron chi connectivity index (χ1n) is 4.28. The second kappa shape index (κ2) is 4.99. The molecule has 0 saturated heterocycles. The van der Waals surface area contributed by atoms with E-state index in [1.165, 1.54) is 6.07 Å². The second-order valence-corrected chi connectivity index (χ2v) is 4.69. The van der Waals surface area contributed by atoms with Crippen molar-refractivity contribution < 1.29 is 9.13 Å². The van der Waals surface area contributed by atoms with Gasteiger partial charge in [-0.15, -0.1) is 0 Å². The van der Waals surface area contributed by atoms with Crippen LogP contribution in [0.5, 0.6) is 5.75 Å². The van der Waals surface area contributed by atoms with E-state index in [1.54, 1.807) is 6.07 Å². The molecule has 14 heavy (non-hydrogen) atoms. The van der Waals surface area contributed by atoms with Crippen LogP contribution < -0.4 is 4.74 Å². The summed E-state index contributed by atoms with van der Waals surface area (Å²) in [7, 11) is 0. The minimum absolute atomic E-state index is 0.225. The molecule has 1 aromatic carbocycles. The lowest BCUT2D eigenvalue weighted by molar-refractivity contribution is 0.257. The third-order valence-electron chi connectivity index (χ3n) is 1.52. The van der Waals surface area contributed by atoms with Crippen LogP contribution in [0.1, 0.15) is 13.8 Å². The summed E-state index contributed by atoms with van der Waals surface area (Å²) in [5.74, 6) is 0.144. The van der Waals surface area contributed by atoms with E-state index in [9.17, 15) is 4.39 Å². The van der Waals surface area contributed by atoms with Crippen molar-refractivity contribution in [2.75, 3.05) is 6.61 Å². The molecule has 0 spiro atoms. The molecule has 0 radical (unpaired) electrons. The maximum atomic E-state index is 13.3. The standard InChI is InChI=1S/C10H11BrClFO/c1-6(2)5-14-10-8(11)3-7(12)4-9(10)13/h3-4,6H,5H2,1-2H3. The fourth-order valence-corrected chi connectivity index (χ4v) is 1.80. The van der Waals surface area contributed by atoms with Gasteiger partial charge in [0.1, 0.15) is 0 Å². The molecule has 0 amide bonds. The highest BCUT2D eigenvalue weighted by Gasteiger charge is 2.10. The number of hydrogen-bond acceptors (Lipinski definition) is 1. The molecular formula is C10H11BrClFO. The molecule has 1 rings (SSSR count). The van der Waals surface area contributed by atoms with Gasteiger partial charge in [0.15, 0.2) is 11.6 Å². The summed E-state index contributed by atoms with van der Waals surface area (Å²) in [5, 5.41) is 0.353. The smallest absolute Gasteiger partial charge is 0.169 e. The molecule has 1 aromatic rings. The van der Waals surface area contributed by atoms with Crippen LogP contribution in [0, 0.1) is 11.7 Å². The van der Waals surface area contributed by atoms with Crippen LogP contribution in [0.15, 0.2) is 16.6 Å². The summed E-state index contributed by atoms with van der Waals surface area (Å²) in [4.78, 5) is 0. The number of rotatable bonds is 3. The molecular weight excluding hydrogens is 270 g/mol. The Morgan fingerprint density at radius 3 is 2.64 bits per heavy atom. The summed E-state index contributed by atoms with van der Waals surface area (Å²) in [5.41, 5.74) is 0. The Labute approximate surface area is 96.3 Å². The lowest BCUT2D eigenvalue weighted by Crippen LogP contribution is -2.06. The van der Waals surface area contributed by atoms with Crippen LogP contribution >= 0.6 is 27.5 Å². The van der Waals surface area contributed by atoms with Crippen molar-refractivity contribution in [3.05, 3.63) is 27.4 Å². The van der Waals surface area contributed by atoms with Crippen LogP contribution in [-0.4, -0.2) is 6.61 Å². The molecule has 0 aliphatic carbocycles. The lowest BCUT2D eigenvalue weighted by Gasteiger charge is -2.11. The highest BCUT2D eigenvalue weighted by Crippen LogP contribution is 2.31.